The van der Waals surface area contributed by atoms with Gasteiger partial charge in [-0.25, -0.2) is 0 Å². The molecule has 3 rings (SSSR count). The summed E-state index contributed by atoms with van der Waals surface area (Å²) in [6.07, 6.45) is 4.62. The van der Waals surface area contributed by atoms with Crippen LogP contribution in [0.4, 0.5) is 0 Å². The number of nitrogens with zero attached hydrogens (tertiary/aromatic N) is 3. The van der Waals surface area contributed by atoms with Crippen molar-refractivity contribution in [1.29, 1.82) is 0 Å². The summed E-state index contributed by atoms with van der Waals surface area (Å²) in [5.41, 5.74) is 1.44. The highest BCUT2D eigenvalue weighted by molar-refractivity contribution is 5.14. The Bertz CT molecular complexity index is 573. The summed E-state index contributed by atoms with van der Waals surface area (Å²) in [4.78, 5) is 6.98. The smallest absolute Gasteiger partial charge is 0.229 e. The van der Waals surface area contributed by atoms with Crippen molar-refractivity contribution in [1.82, 2.24) is 15.0 Å². The van der Waals surface area contributed by atoms with E-state index in [-0.39, 0.29) is 0 Å². The van der Waals surface area contributed by atoms with Gasteiger partial charge in [0, 0.05) is 12.0 Å². The topological polar surface area (TPSA) is 42.2 Å². The van der Waals surface area contributed by atoms with Gasteiger partial charge in [-0.2, -0.15) is 4.98 Å². The molecule has 0 amide bonds. The molecule has 22 heavy (non-hydrogen) atoms. The van der Waals surface area contributed by atoms with E-state index in [1.54, 1.807) is 0 Å². The molecule has 0 spiro atoms. The van der Waals surface area contributed by atoms with E-state index < -0.39 is 0 Å². The molecule has 0 unspecified atom stereocenters. The molecule has 1 aliphatic heterocycles. The quantitative estimate of drug-likeness (QED) is 0.846. The lowest BCUT2D eigenvalue weighted by Gasteiger charge is -2.35. The normalized spacial score (nSPS) is 18.5. The first kappa shape index (κ1) is 15.2. The monoisotopic (exact) mass is 299 g/mol. The highest BCUT2D eigenvalue weighted by Gasteiger charge is 2.26. The van der Waals surface area contributed by atoms with Crippen LogP contribution in [0.1, 0.15) is 49.4 Å². The molecule has 118 valence electrons. The maximum atomic E-state index is 5.33. The minimum atomic E-state index is 0.443. The molecule has 1 aliphatic rings. The summed E-state index contributed by atoms with van der Waals surface area (Å²) in [6.45, 7) is 6.48. The molecule has 0 radical (unpaired) electrons. The lowest BCUT2D eigenvalue weighted by atomic mass is 9.94. The SMILES string of the molecule is Cc1noc(C2CCN([C@@H](C)CCc3ccccc3)CC2)n1. The van der Waals surface area contributed by atoms with Gasteiger partial charge in [-0.05, 0) is 58.2 Å². The van der Waals surface area contributed by atoms with Crippen LogP contribution >= 0.6 is 0 Å². The minimum absolute atomic E-state index is 0.443. The number of likely N-dealkylation sites (tertiary alicyclic amines) is 1. The van der Waals surface area contributed by atoms with Crippen molar-refractivity contribution in [3.8, 4) is 0 Å². The lowest BCUT2D eigenvalue weighted by Crippen LogP contribution is -2.39. The second kappa shape index (κ2) is 7.05. The van der Waals surface area contributed by atoms with Crippen molar-refractivity contribution in [2.45, 2.75) is 51.5 Å². The summed E-state index contributed by atoms with van der Waals surface area (Å²) < 4.78 is 5.33. The van der Waals surface area contributed by atoms with Crippen LogP contribution in [0.3, 0.4) is 0 Å². The van der Waals surface area contributed by atoms with Crippen LogP contribution in [0, 0.1) is 6.92 Å². The largest absolute Gasteiger partial charge is 0.339 e. The Hall–Kier alpha value is -1.68. The molecule has 4 heteroatoms. The van der Waals surface area contributed by atoms with Crippen molar-refractivity contribution in [3.05, 3.63) is 47.6 Å². The fourth-order valence-corrected chi connectivity index (χ4v) is 3.27. The third-order valence-corrected chi connectivity index (χ3v) is 4.74. The van der Waals surface area contributed by atoms with Gasteiger partial charge in [-0.1, -0.05) is 35.5 Å². The van der Waals surface area contributed by atoms with E-state index in [9.17, 15) is 0 Å². The summed E-state index contributed by atoms with van der Waals surface area (Å²) in [6, 6.07) is 11.4. The Labute approximate surface area is 132 Å². The summed E-state index contributed by atoms with van der Waals surface area (Å²) in [7, 11) is 0. The zero-order valence-electron chi connectivity index (χ0n) is 13.5. The minimum Gasteiger partial charge on any atom is -0.339 e. The van der Waals surface area contributed by atoms with Crippen molar-refractivity contribution >= 4 is 0 Å². The standard InChI is InChI=1S/C18H25N3O/c1-14(8-9-16-6-4-3-5-7-16)21-12-10-17(11-13-21)18-19-15(2)20-22-18/h3-7,14,17H,8-13H2,1-2H3/t14-/m0/s1. The molecule has 1 atom stereocenters. The van der Waals surface area contributed by atoms with Crippen molar-refractivity contribution in [3.63, 3.8) is 0 Å². The number of piperidine rings is 1. The first-order valence-corrected chi connectivity index (χ1v) is 8.30. The summed E-state index contributed by atoms with van der Waals surface area (Å²) >= 11 is 0. The number of aromatic nitrogens is 2. The van der Waals surface area contributed by atoms with Gasteiger partial charge in [0.15, 0.2) is 5.82 Å². The Kier molecular flexibility index (Phi) is 4.88. The van der Waals surface area contributed by atoms with E-state index in [0.29, 0.717) is 12.0 Å². The van der Waals surface area contributed by atoms with Crippen molar-refractivity contribution < 1.29 is 4.52 Å². The van der Waals surface area contributed by atoms with Crippen LogP contribution in [0.25, 0.3) is 0 Å². The number of hydrogen-bond acceptors (Lipinski definition) is 4. The first-order chi connectivity index (χ1) is 10.7. The molecular weight excluding hydrogens is 274 g/mol. The second-order valence-corrected chi connectivity index (χ2v) is 6.36. The van der Waals surface area contributed by atoms with Gasteiger partial charge in [0.05, 0.1) is 0 Å². The number of aryl methyl sites for hydroxylation is 2. The van der Waals surface area contributed by atoms with E-state index in [2.05, 4.69) is 52.3 Å². The van der Waals surface area contributed by atoms with Crippen LogP contribution in [-0.2, 0) is 6.42 Å². The van der Waals surface area contributed by atoms with Gasteiger partial charge >= 0.3 is 0 Å². The molecule has 1 aromatic carbocycles. The molecule has 0 saturated carbocycles. The first-order valence-electron chi connectivity index (χ1n) is 8.30. The number of hydrogen-bond donors (Lipinski definition) is 0. The van der Waals surface area contributed by atoms with Gasteiger partial charge in [-0.3, -0.25) is 0 Å². The molecule has 2 aromatic rings. The van der Waals surface area contributed by atoms with Gasteiger partial charge in [0.1, 0.15) is 0 Å². The van der Waals surface area contributed by atoms with Crippen LogP contribution < -0.4 is 0 Å². The Morgan fingerprint density at radius 1 is 1.23 bits per heavy atom. The summed E-state index contributed by atoms with van der Waals surface area (Å²) in [5.74, 6) is 2.02. The second-order valence-electron chi connectivity index (χ2n) is 6.36. The van der Waals surface area contributed by atoms with Crippen molar-refractivity contribution in [2.24, 2.45) is 0 Å². The van der Waals surface area contributed by atoms with Crippen LogP contribution in [0.5, 0.6) is 0 Å². The van der Waals surface area contributed by atoms with E-state index in [1.807, 2.05) is 6.92 Å². The van der Waals surface area contributed by atoms with Crippen LogP contribution in [0.2, 0.25) is 0 Å². The molecule has 0 aliphatic carbocycles. The third kappa shape index (κ3) is 3.74. The zero-order chi connectivity index (χ0) is 15.4. The highest BCUT2D eigenvalue weighted by atomic mass is 16.5. The summed E-state index contributed by atoms with van der Waals surface area (Å²) in [5, 5.41) is 3.91. The van der Waals surface area contributed by atoms with Gasteiger partial charge in [0.25, 0.3) is 0 Å². The number of benzene rings is 1. The number of rotatable bonds is 5. The van der Waals surface area contributed by atoms with E-state index in [4.69, 9.17) is 4.52 Å². The predicted octanol–water partition coefficient (Wildman–Crippen LogP) is 3.58. The maximum absolute atomic E-state index is 5.33. The van der Waals surface area contributed by atoms with E-state index in [0.717, 1.165) is 44.1 Å². The van der Waals surface area contributed by atoms with Crippen molar-refractivity contribution in [2.75, 3.05) is 13.1 Å². The fourth-order valence-electron chi connectivity index (χ4n) is 3.27. The molecule has 0 N–H and O–H groups in total. The Balaban J connectivity index is 1.46. The molecular formula is C18H25N3O. The van der Waals surface area contributed by atoms with Crippen LogP contribution in [0.15, 0.2) is 34.9 Å². The van der Waals surface area contributed by atoms with E-state index >= 15 is 0 Å². The van der Waals surface area contributed by atoms with Crippen LogP contribution in [-0.4, -0.2) is 34.2 Å². The Morgan fingerprint density at radius 2 is 1.95 bits per heavy atom. The fraction of sp³-hybridized carbons (Fsp3) is 0.556. The average molecular weight is 299 g/mol. The lowest BCUT2D eigenvalue weighted by molar-refractivity contribution is 0.145. The average Bonchev–Trinajstić information content (AvgIpc) is 3.00. The molecule has 1 saturated heterocycles. The molecule has 1 aromatic heterocycles. The Morgan fingerprint density at radius 3 is 2.59 bits per heavy atom. The molecule has 0 bridgehead atoms. The molecule has 4 nitrogen and oxygen atoms in total. The zero-order valence-corrected chi connectivity index (χ0v) is 13.5. The maximum Gasteiger partial charge on any atom is 0.229 e. The van der Waals surface area contributed by atoms with Gasteiger partial charge < -0.3 is 9.42 Å². The van der Waals surface area contributed by atoms with Gasteiger partial charge in [-0.15, -0.1) is 0 Å². The highest BCUT2D eigenvalue weighted by Crippen LogP contribution is 2.28. The molecule has 2 heterocycles. The third-order valence-electron chi connectivity index (χ3n) is 4.74. The van der Waals surface area contributed by atoms with E-state index in [1.165, 1.54) is 12.0 Å². The molecule has 1 fully saturated rings. The predicted molar refractivity (Wildman–Crippen MR) is 86.8 cm³/mol. The van der Waals surface area contributed by atoms with Gasteiger partial charge in [0.2, 0.25) is 5.89 Å².